The molecule has 0 spiro atoms. The van der Waals surface area contributed by atoms with E-state index in [9.17, 15) is 22.4 Å². The van der Waals surface area contributed by atoms with E-state index in [-0.39, 0.29) is 11.5 Å². The highest BCUT2D eigenvalue weighted by molar-refractivity contribution is 5.90. The van der Waals surface area contributed by atoms with E-state index in [0.717, 1.165) is 5.56 Å². The smallest absolute Gasteiger partial charge is 0.341 e. The SMILES string of the molecule is CCc1ccc(C2CCC(OC(=O)c3ccc(-c4ccc(C)cc4)c(F)c3F)CC2)c(F)c1F. The zero-order valence-electron chi connectivity index (χ0n) is 19.1. The first-order chi connectivity index (χ1) is 16.3. The second-order valence-corrected chi connectivity index (χ2v) is 8.83. The van der Waals surface area contributed by atoms with Gasteiger partial charge in [-0.15, -0.1) is 0 Å². The molecule has 0 saturated heterocycles. The molecule has 0 aliphatic heterocycles. The number of hydrogen-bond donors (Lipinski definition) is 0. The molecule has 1 fully saturated rings. The molecule has 1 saturated carbocycles. The van der Waals surface area contributed by atoms with Gasteiger partial charge >= 0.3 is 5.97 Å². The van der Waals surface area contributed by atoms with E-state index in [1.54, 1.807) is 43.3 Å². The average molecular weight is 471 g/mol. The van der Waals surface area contributed by atoms with Gasteiger partial charge in [0.1, 0.15) is 6.10 Å². The van der Waals surface area contributed by atoms with E-state index >= 15 is 0 Å². The summed E-state index contributed by atoms with van der Waals surface area (Å²) in [4.78, 5) is 12.6. The zero-order valence-corrected chi connectivity index (χ0v) is 19.1. The van der Waals surface area contributed by atoms with Crippen molar-refractivity contribution in [2.75, 3.05) is 0 Å². The standard InChI is InChI=1S/C28H26F4O2/c1-3-17-10-13-21(25(30)24(17)29)19-8-11-20(12-9-19)34-28(33)23-15-14-22(26(31)27(23)32)18-6-4-16(2)5-7-18/h4-7,10,13-15,19-20H,3,8-9,11-12H2,1-2H3. The van der Waals surface area contributed by atoms with E-state index in [1.807, 2.05) is 6.92 Å². The average Bonchev–Trinajstić information content (AvgIpc) is 2.84. The van der Waals surface area contributed by atoms with Gasteiger partial charge in [0.2, 0.25) is 0 Å². The Kier molecular flexibility index (Phi) is 7.05. The molecule has 0 unspecified atom stereocenters. The summed E-state index contributed by atoms with van der Waals surface area (Å²) in [5.41, 5.74) is 1.78. The molecule has 3 aromatic carbocycles. The minimum absolute atomic E-state index is 0.0675. The maximum absolute atomic E-state index is 14.7. The second kappa shape index (κ2) is 10.00. The highest BCUT2D eigenvalue weighted by Gasteiger charge is 2.29. The third-order valence-corrected chi connectivity index (χ3v) is 6.63. The predicted octanol–water partition coefficient (Wildman–Crippen LogP) is 7.66. The predicted molar refractivity (Wildman–Crippen MR) is 123 cm³/mol. The van der Waals surface area contributed by atoms with Crippen molar-refractivity contribution >= 4 is 5.97 Å². The minimum atomic E-state index is -1.25. The molecule has 2 nitrogen and oxygen atoms in total. The lowest BCUT2D eigenvalue weighted by molar-refractivity contribution is 0.0188. The number of benzene rings is 3. The topological polar surface area (TPSA) is 26.3 Å². The summed E-state index contributed by atoms with van der Waals surface area (Å²) in [5.74, 6) is -5.08. The molecule has 178 valence electrons. The van der Waals surface area contributed by atoms with E-state index in [4.69, 9.17) is 4.74 Å². The molecule has 0 radical (unpaired) electrons. The Morgan fingerprint density at radius 1 is 0.824 bits per heavy atom. The highest BCUT2D eigenvalue weighted by atomic mass is 19.2. The maximum Gasteiger partial charge on any atom is 0.341 e. The van der Waals surface area contributed by atoms with Crippen LogP contribution in [0.3, 0.4) is 0 Å². The van der Waals surface area contributed by atoms with Crippen LogP contribution in [0.4, 0.5) is 17.6 Å². The molecule has 0 heterocycles. The number of carbonyl (C=O) groups excluding carboxylic acids is 1. The third-order valence-electron chi connectivity index (χ3n) is 6.63. The van der Waals surface area contributed by atoms with Gasteiger partial charge in [0.15, 0.2) is 23.3 Å². The fraction of sp³-hybridized carbons (Fsp3) is 0.321. The summed E-state index contributed by atoms with van der Waals surface area (Å²) >= 11 is 0. The molecule has 0 bridgehead atoms. The van der Waals surface area contributed by atoms with Crippen LogP contribution in [0.5, 0.6) is 0 Å². The second-order valence-electron chi connectivity index (χ2n) is 8.83. The van der Waals surface area contributed by atoms with Crippen LogP contribution in [-0.4, -0.2) is 12.1 Å². The van der Waals surface area contributed by atoms with E-state index in [1.165, 1.54) is 12.1 Å². The van der Waals surface area contributed by atoms with Crippen molar-refractivity contribution in [3.63, 3.8) is 0 Å². The molecule has 1 aliphatic carbocycles. The Hall–Kier alpha value is -3.15. The number of aryl methyl sites for hydroxylation is 2. The van der Waals surface area contributed by atoms with Crippen molar-refractivity contribution in [1.29, 1.82) is 0 Å². The van der Waals surface area contributed by atoms with Gasteiger partial charge in [-0.25, -0.2) is 22.4 Å². The van der Waals surface area contributed by atoms with Crippen molar-refractivity contribution in [3.05, 3.63) is 94.1 Å². The van der Waals surface area contributed by atoms with Gasteiger partial charge in [-0.05, 0) is 67.7 Å². The Morgan fingerprint density at radius 2 is 1.50 bits per heavy atom. The van der Waals surface area contributed by atoms with Crippen LogP contribution < -0.4 is 0 Å². The number of halogens is 4. The molecule has 0 N–H and O–H groups in total. The number of esters is 1. The first kappa shape index (κ1) is 24.0. The largest absolute Gasteiger partial charge is 0.459 e. The number of ether oxygens (including phenoxy) is 1. The molecule has 0 amide bonds. The highest BCUT2D eigenvalue weighted by Crippen LogP contribution is 2.37. The summed E-state index contributed by atoms with van der Waals surface area (Å²) in [6.07, 6.45) is 1.78. The minimum Gasteiger partial charge on any atom is -0.459 e. The van der Waals surface area contributed by atoms with Gasteiger partial charge in [-0.3, -0.25) is 0 Å². The lowest BCUT2D eigenvalue weighted by atomic mass is 9.82. The first-order valence-corrected chi connectivity index (χ1v) is 11.5. The molecule has 34 heavy (non-hydrogen) atoms. The molecular formula is C28H26F4O2. The van der Waals surface area contributed by atoms with E-state index in [2.05, 4.69) is 0 Å². The van der Waals surface area contributed by atoms with Gasteiger partial charge < -0.3 is 4.74 Å². The lowest BCUT2D eigenvalue weighted by Crippen LogP contribution is -2.25. The van der Waals surface area contributed by atoms with Crippen molar-refractivity contribution in [2.45, 2.75) is 58.0 Å². The zero-order chi connectivity index (χ0) is 24.4. The normalized spacial score (nSPS) is 18.1. The Morgan fingerprint density at radius 3 is 2.15 bits per heavy atom. The Bertz CT molecular complexity index is 1200. The van der Waals surface area contributed by atoms with Gasteiger partial charge in [0, 0.05) is 5.56 Å². The van der Waals surface area contributed by atoms with Crippen molar-refractivity contribution in [2.24, 2.45) is 0 Å². The Balaban J connectivity index is 1.42. The molecule has 0 aromatic heterocycles. The number of carbonyl (C=O) groups is 1. The van der Waals surface area contributed by atoms with Crippen molar-refractivity contribution < 1.29 is 27.1 Å². The fourth-order valence-electron chi connectivity index (χ4n) is 4.56. The van der Waals surface area contributed by atoms with Crippen LogP contribution in [-0.2, 0) is 11.2 Å². The lowest BCUT2D eigenvalue weighted by Gasteiger charge is -2.29. The van der Waals surface area contributed by atoms with Crippen molar-refractivity contribution in [3.8, 4) is 11.1 Å². The Labute approximate surface area is 196 Å². The molecule has 4 rings (SSSR count). The monoisotopic (exact) mass is 470 g/mol. The molecule has 0 atom stereocenters. The summed E-state index contributed by atoms with van der Waals surface area (Å²) < 4.78 is 63.5. The molecule has 1 aliphatic rings. The van der Waals surface area contributed by atoms with Gasteiger partial charge in [-0.2, -0.15) is 0 Å². The van der Waals surface area contributed by atoms with Gasteiger partial charge in [0.05, 0.1) is 5.56 Å². The van der Waals surface area contributed by atoms with Crippen LogP contribution >= 0.6 is 0 Å². The fourth-order valence-corrected chi connectivity index (χ4v) is 4.56. The van der Waals surface area contributed by atoms with Crippen LogP contribution in [0, 0.1) is 30.2 Å². The third kappa shape index (κ3) is 4.72. The quantitative estimate of drug-likeness (QED) is 0.283. The van der Waals surface area contributed by atoms with Gasteiger partial charge in [-0.1, -0.05) is 55.0 Å². The van der Waals surface area contributed by atoms with Crippen LogP contribution in [0.1, 0.15) is 65.6 Å². The summed E-state index contributed by atoms with van der Waals surface area (Å²) in [7, 11) is 0. The van der Waals surface area contributed by atoms with Crippen molar-refractivity contribution in [1.82, 2.24) is 0 Å². The van der Waals surface area contributed by atoms with Crippen LogP contribution in [0.15, 0.2) is 48.5 Å². The first-order valence-electron chi connectivity index (χ1n) is 11.5. The summed E-state index contributed by atoms with van der Waals surface area (Å²) in [6.45, 7) is 3.66. The molecule has 3 aromatic rings. The number of hydrogen-bond acceptors (Lipinski definition) is 2. The molecular weight excluding hydrogens is 444 g/mol. The van der Waals surface area contributed by atoms with E-state index < -0.39 is 40.9 Å². The summed E-state index contributed by atoms with van der Waals surface area (Å²) in [6, 6.07) is 12.8. The summed E-state index contributed by atoms with van der Waals surface area (Å²) in [5, 5.41) is 0. The number of rotatable bonds is 5. The van der Waals surface area contributed by atoms with Crippen LogP contribution in [0.2, 0.25) is 0 Å². The molecule has 6 heteroatoms. The van der Waals surface area contributed by atoms with Gasteiger partial charge in [0.25, 0.3) is 0 Å². The van der Waals surface area contributed by atoms with Crippen LogP contribution in [0.25, 0.3) is 11.1 Å². The van der Waals surface area contributed by atoms with E-state index in [0.29, 0.717) is 48.8 Å². The maximum atomic E-state index is 14.7.